The van der Waals surface area contributed by atoms with Gasteiger partial charge in [-0.15, -0.1) is 0 Å². The summed E-state index contributed by atoms with van der Waals surface area (Å²) in [6.07, 6.45) is -0.445. The van der Waals surface area contributed by atoms with Crippen molar-refractivity contribution in [2.24, 2.45) is 0 Å². The number of ether oxygens (including phenoxy) is 2. The van der Waals surface area contributed by atoms with Crippen LogP contribution in [0, 0.1) is 12.7 Å². The van der Waals surface area contributed by atoms with E-state index in [1.54, 1.807) is 6.07 Å². The number of benzene rings is 2. The molecule has 0 radical (unpaired) electrons. The molecule has 0 saturated carbocycles. The maximum atomic E-state index is 13.2. The Hall–Kier alpha value is -1.62. The molecule has 0 amide bonds. The third-order valence-corrected chi connectivity index (χ3v) is 4.14. The van der Waals surface area contributed by atoms with Gasteiger partial charge in [-0.3, -0.25) is 0 Å². The summed E-state index contributed by atoms with van der Waals surface area (Å²) in [6, 6.07) is 12.3. The molecule has 2 atom stereocenters. The summed E-state index contributed by atoms with van der Waals surface area (Å²) in [6.45, 7) is 4.19. The maximum absolute atomic E-state index is 13.2. The fraction of sp³-hybridized carbons (Fsp3) is 0.333. The van der Waals surface area contributed by atoms with Crippen LogP contribution >= 0.6 is 11.6 Å². The molecule has 2 aromatic carbocycles. The van der Waals surface area contributed by atoms with Crippen molar-refractivity contribution in [1.82, 2.24) is 5.32 Å². The van der Waals surface area contributed by atoms with Crippen LogP contribution in [0.1, 0.15) is 17.2 Å². The zero-order valence-corrected chi connectivity index (χ0v) is 13.6. The molecule has 5 heteroatoms. The summed E-state index contributed by atoms with van der Waals surface area (Å²) in [5, 5.41) is 3.56. The summed E-state index contributed by atoms with van der Waals surface area (Å²) in [5.74, 6) is 0.0673. The smallest absolute Gasteiger partial charge is 0.151 e. The van der Waals surface area contributed by atoms with E-state index in [2.05, 4.69) is 5.32 Å². The van der Waals surface area contributed by atoms with Crippen molar-refractivity contribution in [1.29, 1.82) is 0 Å². The lowest BCUT2D eigenvalue weighted by atomic mass is 10.0. The van der Waals surface area contributed by atoms with E-state index < -0.39 is 0 Å². The highest BCUT2D eigenvalue weighted by Crippen LogP contribution is 2.32. The zero-order chi connectivity index (χ0) is 16.2. The van der Waals surface area contributed by atoms with E-state index >= 15 is 0 Å². The Morgan fingerprint density at radius 1 is 1.26 bits per heavy atom. The Balaban J connectivity index is 1.89. The molecule has 1 N–H and O–H groups in total. The maximum Gasteiger partial charge on any atom is 0.151 e. The van der Waals surface area contributed by atoms with Crippen LogP contribution in [-0.2, 0) is 4.74 Å². The molecule has 0 aliphatic carbocycles. The van der Waals surface area contributed by atoms with E-state index in [-0.39, 0.29) is 23.0 Å². The quantitative estimate of drug-likeness (QED) is 0.919. The van der Waals surface area contributed by atoms with Crippen LogP contribution < -0.4 is 10.1 Å². The Morgan fingerprint density at radius 3 is 2.70 bits per heavy atom. The van der Waals surface area contributed by atoms with Gasteiger partial charge in [-0.25, -0.2) is 4.39 Å². The molecule has 122 valence electrons. The minimum absolute atomic E-state index is 0.132. The first-order chi connectivity index (χ1) is 11.1. The van der Waals surface area contributed by atoms with Gasteiger partial charge in [-0.1, -0.05) is 41.4 Å². The van der Waals surface area contributed by atoms with Crippen molar-refractivity contribution >= 4 is 11.6 Å². The number of rotatable bonds is 4. The summed E-state index contributed by atoms with van der Waals surface area (Å²) < 4.78 is 25.2. The van der Waals surface area contributed by atoms with E-state index in [9.17, 15) is 4.39 Å². The van der Waals surface area contributed by atoms with Crippen LogP contribution in [0.3, 0.4) is 0 Å². The van der Waals surface area contributed by atoms with Crippen molar-refractivity contribution in [2.75, 3.05) is 19.7 Å². The lowest BCUT2D eigenvalue weighted by molar-refractivity contribution is -0.0432. The Kier molecular flexibility index (Phi) is 5.16. The van der Waals surface area contributed by atoms with Crippen LogP contribution in [0.15, 0.2) is 42.5 Å². The SMILES string of the molecule is Cc1ccc([C@H](Oc2ccc(F)cc2Cl)[C@@H]2CNCCO2)cc1. The summed E-state index contributed by atoms with van der Waals surface area (Å²) in [5.41, 5.74) is 2.18. The minimum atomic E-state index is -0.384. The zero-order valence-electron chi connectivity index (χ0n) is 12.9. The van der Waals surface area contributed by atoms with Crippen LogP contribution in [0.5, 0.6) is 5.75 Å². The largest absolute Gasteiger partial charge is 0.481 e. The van der Waals surface area contributed by atoms with Crippen LogP contribution in [0.2, 0.25) is 5.02 Å². The van der Waals surface area contributed by atoms with Crippen molar-refractivity contribution in [3.8, 4) is 5.75 Å². The van der Waals surface area contributed by atoms with Crippen molar-refractivity contribution < 1.29 is 13.9 Å². The number of hydrogen-bond donors (Lipinski definition) is 1. The predicted octanol–water partition coefficient (Wildman–Crippen LogP) is 3.90. The van der Waals surface area contributed by atoms with Crippen molar-refractivity contribution in [3.05, 3.63) is 64.4 Å². The van der Waals surface area contributed by atoms with Crippen LogP contribution in [-0.4, -0.2) is 25.8 Å². The second-order valence-corrected chi connectivity index (χ2v) is 6.04. The molecular formula is C18H19ClFNO2. The van der Waals surface area contributed by atoms with Crippen LogP contribution in [0.4, 0.5) is 4.39 Å². The van der Waals surface area contributed by atoms with Gasteiger partial charge < -0.3 is 14.8 Å². The Labute approximate surface area is 140 Å². The van der Waals surface area contributed by atoms with E-state index in [0.717, 1.165) is 12.1 Å². The lowest BCUT2D eigenvalue weighted by Crippen LogP contribution is -2.43. The summed E-state index contributed by atoms with van der Waals surface area (Å²) >= 11 is 6.10. The van der Waals surface area contributed by atoms with Gasteiger partial charge in [0, 0.05) is 13.1 Å². The standard InChI is InChI=1S/C18H19ClFNO2/c1-12-2-4-13(5-3-12)18(17-11-21-8-9-22-17)23-16-7-6-14(20)10-15(16)19/h2-7,10,17-18,21H,8-9,11H2,1H3/t17-,18-/m0/s1. The molecule has 0 aromatic heterocycles. The summed E-state index contributed by atoms with van der Waals surface area (Å²) in [4.78, 5) is 0. The third kappa shape index (κ3) is 4.02. The molecule has 2 aromatic rings. The van der Waals surface area contributed by atoms with Gasteiger partial charge in [-0.2, -0.15) is 0 Å². The molecular weight excluding hydrogens is 317 g/mol. The van der Waals surface area contributed by atoms with Crippen molar-refractivity contribution in [3.63, 3.8) is 0 Å². The van der Waals surface area contributed by atoms with Crippen LogP contribution in [0.25, 0.3) is 0 Å². The number of nitrogens with one attached hydrogen (secondary N) is 1. The van der Waals surface area contributed by atoms with E-state index in [1.807, 2.05) is 31.2 Å². The van der Waals surface area contributed by atoms with E-state index in [1.165, 1.54) is 17.7 Å². The summed E-state index contributed by atoms with van der Waals surface area (Å²) in [7, 11) is 0. The Morgan fingerprint density at radius 2 is 2.04 bits per heavy atom. The first-order valence-electron chi connectivity index (χ1n) is 7.64. The number of halogens is 2. The van der Waals surface area contributed by atoms with Crippen molar-refractivity contribution in [2.45, 2.75) is 19.1 Å². The fourth-order valence-corrected chi connectivity index (χ4v) is 2.81. The van der Waals surface area contributed by atoms with Gasteiger partial charge in [0.05, 0.1) is 11.6 Å². The molecule has 23 heavy (non-hydrogen) atoms. The topological polar surface area (TPSA) is 30.5 Å². The monoisotopic (exact) mass is 335 g/mol. The minimum Gasteiger partial charge on any atom is -0.481 e. The highest BCUT2D eigenvalue weighted by molar-refractivity contribution is 6.32. The molecule has 3 rings (SSSR count). The number of hydrogen-bond acceptors (Lipinski definition) is 3. The van der Waals surface area contributed by atoms with Gasteiger partial charge in [0.25, 0.3) is 0 Å². The van der Waals surface area contributed by atoms with Gasteiger partial charge in [-0.05, 0) is 30.7 Å². The second kappa shape index (κ2) is 7.30. The van der Waals surface area contributed by atoms with Gasteiger partial charge >= 0.3 is 0 Å². The number of morpholine rings is 1. The van der Waals surface area contributed by atoms with E-state index in [4.69, 9.17) is 21.1 Å². The van der Waals surface area contributed by atoms with E-state index in [0.29, 0.717) is 18.9 Å². The molecule has 1 aliphatic rings. The average molecular weight is 336 g/mol. The molecule has 1 aliphatic heterocycles. The first-order valence-corrected chi connectivity index (χ1v) is 8.02. The van der Waals surface area contributed by atoms with Gasteiger partial charge in [0.1, 0.15) is 17.7 Å². The Bertz CT molecular complexity index is 657. The second-order valence-electron chi connectivity index (χ2n) is 5.64. The van der Waals surface area contributed by atoms with Gasteiger partial charge in [0.15, 0.2) is 6.10 Å². The molecule has 1 saturated heterocycles. The number of aryl methyl sites for hydroxylation is 1. The fourth-order valence-electron chi connectivity index (χ4n) is 2.60. The lowest BCUT2D eigenvalue weighted by Gasteiger charge is -2.32. The molecule has 3 nitrogen and oxygen atoms in total. The first kappa shape index (κ1) is 16.2. The predicted molar refractivity (Wildman–Crippen MR) is 88.6 cm³/mol. The average Bonchev–Trinajstić information content (AvgIpc) is 2.56. The normalized spacial score (nSPS) is 19.3. The molecule has 0 bridgehead atoms. The molecule has 0 unspecified atom stereocenters. The molecule has 0 spiro atoms. The third-order valence-electron chi connectivity index (χ3n) is 3.85. The highest BCUT2D eigenvalue weighted by Gasteiger charge is 2.28. The van der Waals surface area contributed by atoms with Gasteiger partial charge in [0.2, 0.25) is 0 Å². The highest BCUT2D eigenvalue weighted by atomic mass is 35.5. The molecule has 1 heterocycles. The molecule has 1 fully saturated rings.